The molecule has 9 heteroatoms. The number of thiazole rings is 1. The lowest BCUT2D eigenvalue weighted by Gasteiger charge is -2.24. The van der Waals surface area contributed by atoms with Gasteiger partial charge in [-0.1, -0.05) is 41.7 Å². The van der Waals surface area contributed by atoms with Gasteiger partial charge in [0.1, 0.15) is 6.04 Å². The van der Waals surface area contributed by atoms with Crippen LogP contribution in [0.4, 0.5) is 5.69 Å². The molecule has 0 spiro atoms. The molecular weight excluding hydrogens is 518 g/mol. The van der Waals surface area contributed by atoms with Crippen molar-refractivity contribution in [1.82, 2.24) is 4.57 Å². The second kappa shape index (κ2) is 11.2. The lowest BCUT2D eigenvalue weighted by Crippen LogP contribution is -2.40. The molecule has 1 N–H and O–H groups in total. The van der Waals surface area contributed by atoms with Crippen LogP contribution in [0.5, 0.6) is 11.5 Å². The van der Waals surface area contributed by atoms with E-state index in [1.807, 2.05) is 92.9 Å². The molecule has 1 amide bonds. The van der Waals surface area contributed by atoms with Crippen LogP contribution in [0.25, 0.3) is 6.08 Å². The van der Waals surface area contributed by atoms with E-state index < -0.39 is 6.04 Å². The molecule has 7 nitrogen and oxygen atoms in total. The standard InChI is InChI=1S/C29H27N3O4S2/c1-4-35-21-14-13-19(16-22(21)36-5-2)17-24-28(34)32-26(23-12-9-15-37-23)25(18(3)30-29(32)38-24)27(33)31-20-10-7-6-8-11-20/h6-17,26H,4-5H2,1-3H3,(H,31,33)/b24-17-/t26-/m1/s1. The topological polar surface area (TPSA) is 81.9 Å². The summed E-state index contributed by atoms with van der Waals surface area (Å²) in [7, 11) is 0. The summed E-state index contributed by atoms with van der Waals surface area (Å²) in [6, 6.07) is 18.2. The first-order valence-corrected chi connectivity index (χ1v) is 14.0. The summed E-state index contributed by atoms with van der Waals surface area (Å²) in [4.78, 5) is 33.5. The van der Waals surface area contributed by atoms with E-state index in [1.54, 1.807) is 4.57 Å². The fourth-order valence-corrected chi connectivity index (χ4v) is 6.23. The van der Waals surface area contributed by atoms with Crippen LogP contribution in [0.15, 0.2) is 87.1 Å². The number of para-hydroxylation sites is 1. The predicted molar refractivity (Wildman–Crippen MR) is 152 cm³/mol. The number of hydrogen-bond donors (Lipinski definition) is 1. The Labute approximate surface area is 228 Å². The summed E-state index contributed by atoms with van der Waals surface area (Å²) >= 11 is 2.81. The minimum absolute atomic E-state index is 0.198. The SMILES string of the molecule is CCOc1ccc(/C=c2\sc3n(c2=O)[C@H](c2cccs2)C(C(=O)Nc2ccccc2)=C(C)N=3)cc1OCC. The number of aromatic nitrogens is 1. The first kappa shape index (κ1) is 25.7. The van der Waals surface area contributed by atoms with Crippen LogP contribution in [0.2, 0.25) is 0 Å². The molecule has 0 saturated carbocycles. The average Bonchev–Trinajstić information content (AvgIpc) is 3.54. The summed E-state index contributed by atoms with van der Waals surface area (Å²) in [6.45, 7) is 6.68. The monoisotopic (exact) mass is 545 g/mol. The van der Waals surface area contributed by atoms with Crippen molar-refractivity contribution in [3.63, 3.8) is 0 Å². The number of rotatable bonds is 8. The second-order valence-corrected chi connectivity index (χ2v) is 10.5. The van der Waals surface area contributed by atoms with Crippen molar-refractivity contribution >= 4 is 40.3 Å². The van der Waals surface area contributed by atoms with Gasteiger partial charge in [-0.3, -0.25) is 14.2 Å². The molecule has 38 heavy (non-hydrogen) atoms. The molecule has 0 saturated heterocycles. The lowest BCUT2D eigenvalue weighted by atomic mass is 10.0. The number of allylic oxidation sites excluding steroid dienone is 1. The Morgan fingerprint density at radius 3 is 2.53 bits per heavy atom. The van der Waals surface area contributed by atoms with Gasteiger partial charge in [0.2, 0.25) is 0 Å². The Morgan fingerprint density at radius 1 is 1.05 bits per heavy atom. The predicted octanol–water partition coefficient (Wildman–Crippen LogP) is 4.73. The third-order valence-corrected chi connectivity index (χ3v) is 7.88. The first-order chi connectivity index (χ1) is 18.5. The first-order valence-electron chi connectivity index (χ1n) is 12.3. The van der Waals surface area contributed by atoms with Gasteiger partial charge >= 0.3 is 0 Å². The highest BCUT2D eigenvalue weighted by atomic mass is 32.1. The van der Waals surface area contributed by atoms with Crippen molar-refractivity contribution in [2.24, 2.45) is 4.99 Å². The zero-order valence-corrected chi connectivity index (χ0v) is 22.9. The molecular formula is C29H27N3O4S2. The van der Waals surface area contributed by atoms with Gasteiger partial charge < -0.3 is 14.8 Å². The number of amides is 1. The van der Waals surface area contributed by atoms with Crippen LogP contribution < -0.4 is 29.7 Å². The second-order valence-electron chi connectivity index (χ2n) is 8.49. The van der Waals surface area contributed by atoms with E-state index >= 15 is 0 Å². The Bertz CT molecular complexity index is 1670. The van der Waals surface area contributed by atoms with Crippen molar-refractivity contribution in [2.75, 3.05) is 18.5 Å². The maximum absolute atomic E-state index is 13.8. The Kier molecular flexibility index (Phi) is 7.57. The molecule has 0 fully saturated rings. The summed E-state index contributed by atoms with van der Waals surface area (Å²) in [5.41, 5.74) is 2.34. The maximum Gasteiger partial charge on any atom is 0.271 e. The van der Waals surface area contributed by atoms with Gasteiger partial charge in [0.05, 0.1) is 29.0 Å². The Hall–Kier alpha value is -3.95. The Morgan fingerprint density at radius 2 is 1.82 bits per heavy atom. The smallest absolute Gasteiger partial charge is 0.271 e. The number of anilines is 1. The van der Waals surface area contributed by atoms with Crippen LogP contribution >= 0.6 is 22.7 Å². The molecule has 0 radical (unpaired) electrons. The highest BCUT2D eigenvalue weighted by molar-refractivity contribution is 7.10. The Balaban J connectivity index is 1.60. The molecule has 3 heterocycles. The molecule has 4 aromatic rings. The van der Waals surface area contributed by atoms with Crippen molar-refractivity contribution in [3.05, 3.63) is 107 Å². The van der Waals surface area contributed by atoms with Gasteiger partial charge in [-0.25, -0.2) is 4.99 Å². The molecule has 0 unspecified atom stereocenters. The summed E-state index contributed by atoms with van der Waals surface area (Å²) in [6.07, 6.45) is 1.83. The largest absolute Gasteiger partial charge is 0.490 e. The van der Waals surface area contributed by atoms with Crippen molar-refractivity contribution in [3.8, 4) is 11.5 Å². The van der Waals surface area contributed by atoms with Crippen molar-refractivity contribution < 1.29 is 14.3 Å². The highest BCUT2D eigenvalue weighted by Crippen LogP contribution is 2.33. The van der Waals surface area contributed by atoms with Crippen LogP contribution in [0.3, 0.4) is 0 Å². The lowest BCUT2D eigenvalue weighted by molar-refractivity contribution is -0.113. The van der Waals surface area contributed by atoms with Gasteiger partial charge in [-0.15, -0.1) is 11.3 Å². The summed E-state index contributed by atoms with van der Waals surface area (Å²) < 4.78 is 13.6. The molecule has 1 aliphatic heterocycles. The zero-order valence-electron chi connectivity index (χ0n) is 21.3. The van der Waals surface area contributed by atoms with Crippen LogP contribution in [0.1, 0.15) is 37.3 Å². The molecule has 2 aromatic heterocycles. The molecule has 0 bridgehead atoms. The van der Waals surface area contributed by atoms with Crippen LogP contribution in [-0.4, -0.2) is 23.7 Å². The zero-order chi connectivity index (χ0) is 26.6. The highest BCUT2D eigenvalue weighted by Gasteiger charge is 2.33. The van der Waals surface area contributed by atoms with Gasteiger partial charge in [0, 0.05) is 10.6 Å². The number of ether oxygens (including phenoxy) is 2. The fourth-order valence-electron chi connectivity index (χ4n) is 4.36. The van der Waals surface area contributed by atoms with Crippen molar-refractivity contribution in [2.45, 2.75) is 26.8 Å². The van der Waals surface area contributed by atoms with Gasteiger partial charge in [0.15, 0.2) is 16.3 Å². The van der Waals surface area contributed by atoms with Gasteiger partial charge in [-0.2, -0.15) is 0 Å². The van der Waals surface area contributed by atoms with E-state index in [4.69, 9.17) is 14.5 Å². The molecule has 1 atom stereocenters. The van der Waals surface area contributed by atoms with E-state index in [9.17, 15) is 9.59 Å². The normalized spacial score (nSPS) is 15.1. The third kappa shape index (κ3) is 5.07. The van der Waals surface area contributed by atoms with E-state index in [0.29, 0.717) is 51.0 Å². The van der Waals surface area contributed by atoms with E-state index in [-0.39, 0.29) is 11.5 Å². The molecule has 0 aliphatic carbocycles. The number of hydrogen-bond acceptors (Lipinski definition) is 7. The minimum atomic E-state index is -0.573. The maximum atomic E-state index is 13.8. The fraction of sp³-hybridized carbons (Fsp3) is 0.207. The quantitative estimate of drug-likeness (QED) is 0.347. The van der Waals surface area contributed by atoms with Crippen LogP contribution in [-0.2, 0) is 4.79 Å². The van der Waals surface area contributed by atoms with E-state index in [2.05, 4.69) is 5.32 Å². The average molecular weight is 546 g/mol. The number of fused-ring (bicyclic) bond motifs is 1. The van der Waals surface area contributed by atoms with Crippen LogP contribution in [0, 0.1) is 0 Å². The van der Waals surface area contributed by atoms with Crippen molar-refractivity contribution in [1.29, 1.82) is 0 Å². The van der Waals surface area contributed by atoms with E-state index in [0.717, 1.165) is 10.4 Å². The molecule has 5 rings (SSSR count). The third-order valence-electron chi connectivity index (χ3n) is 5.98. The summed E-state index contributed by atoms with van der Waals surface area (Å²) in [5.74, 6) is 1.01. The minimum Gasteiger partial charge on any atom is -0.490 e. The van der Waals surface area contributed by atoms with Gasteiger partial charge in [0.25, 0.3) is 11.5 Å². The molecule has 1 aliphatic rings. The number of carbonyl (C=O) groups excluding carboxylic acids is 1. The van der Waals surface area contributed by atoms with E-state index in [1.165, 1.54) is 22.7 Å². The number of nitrogens with one attached hydrogen (secondary N) is 1. The van der Waals surface area contributed by atoms with Gasteiger partial charge in [-0.05, 0) is 68.1 Å². The number of nitrogens with zero attached hydrogens (tertiary/aromatic N) is 2. The molecule has 194 valence electrons. The number of thiophene rings is 1. The number of benzene rings is 2. The summed E-state index contributed by atoms with van der Waals surface area (Å²) in [5, 5.41) is 4.91. The molecule has 2 aromatic carbocycles. The number of carbonyl (C=O) groups is 1.